The Morgan fingerprint density at radius 1 is 1.60 bits per heavy atom. The zero-order chi connectivity index (χ0) is 7.56. The number of halogens is 2. The van der Waals surface area contributed by atoms with Crippen LogP contribution in [0.25, 0.3) is 0 Å². The van der Waals surface area contributed by atoms with E-state index in [9.17, 15) is 0 Å². The molecule has 0 aromatic carbocycles. The average Bonchev–Trinajstić information content (AvgIpc) is 1.85. The van der Waals surface area contributed by atoms with Crippen LogP contribution in [0.3, 0.4) is 0 Å². The highest BCUT2D eigenvalue weighted by atomic mass is 127. The molecule has 1 heterocycles. The lowest BCUT2D eigenvalue weighted by Crippen LogP contribution is -2.43. The van der Waals surface area contributed by atoms with Gasteiger partial charge in [0.05, 0.1) is 6.10 Å². The summed E-state index contributed by atoms with van der Waals surface area (Å²) in [5, 5.41) is 0. The predicted octanol–water partition coefficient (Wildman–Crippen LogP) is 0.967. The molecular formula is C5H8BI2NO. The highest BCUT2D eigenvalue weighted by molar-refractivity contribution is 14.1. The van der Waals surface area contributed by atoms with Gasteiger partial charge in [0, 0.05) is 46.4 Å². The van der Waals surface area contributed by atoms with E-state index in [4.69, 9.17) is 12.6 Å². The van der Waals surface area contributed by atoms with Crippen molar-refractivity contribution >= 4 is 53.3 Å². The lowest BCUT2D eigenvalue weighted by atomic mass is 9.99. The first-order chi connectivity index (χ1) is 4.72. The first-order valence-corrected chi connectivity index (χ1v) is 5.59. The summed E-state index contributed by atoms with van der Waals surface area (Å²) in [5.41, 5.74) is 0. The first-order valence-electron chi connectivity index (χ1n) is 3.10. The Morgan fingerprint density at radius 2 is 2.30 bits per heavy atom. The Balaban J connectivity index is 2.35. The van der Waals surface area contributed by atoms with Gasteiger partial charge in [0.1, 0.15) is 7.85 Å². The molecule has 1 aliphatic rings. The molecule has 56 valence electrons. The standard InChI is InChI=1S/C5H8BI2NO/c6-5-3-9(8)2-4(1-7)10-5/h4-5H,1-3H2/t4-,5?/m1/s1. The van der Waals surface area contributed by atoms with Gasteiger partial charge in [-0.25, -0.2) is 3.11 Å². The van der Waals surface area contributed by atoms with Crippen molar-refractivity contribution in [1.82, 2.24) is 3.11 Å². The molecule has 0 bridgehead atoms. The zero-order valence-electron chi connectivity index (χ0n) is 5.46. The fourth-order valence-corrected chi connectivity index (χ4v) is 2.22. The van der Waals surface area contributed by atoms with Crippen molar-refractivity contribution in [2.75, 3.05) is 17.5 Å². The highest BCUT2D eigenvalue weighted by Crippen LogP contribution is 2.14. The maximum atomic E-state index is 5.62. The third-order valence-electron chi connectivity index (χ3n) is 1.32. The molecule has 1 rings (SSSR count). The van der Waals surface area contributed by atoms with Crippen molar-refractivity contribution in [3.05, 3.63) is 0 Å². The van der Waals surface area contributed by atoms with E-state index in [-0.39, 0.29) is 6.00 Å². The van der Waals surface area contributed by atoms with Crippen molar-refractivity contribution in [3.63, 3.8) is 0 Å². The van der Waals surface area contributed by atoms with Gasteiger partial charge in [-0.1, -0.05) is 22.6 Å². The minimum Gasteiger partial charge on any atom is -0.381 e. The average molecular weight is 363 g/mol. The van der Waals surface area contributed by atoms with Gasteiger partial charge in [0.15, 0.2) is 0 Å². The van der Waals surface area contributed by atoms with Gasteiger partial charge in [-0.2, -0.15) is 0 Å². The number of hydrogen-bond acceptors (Lipinski definition) is 2. The molecule has 1 fully saturated rings. The molecule has 5 heteroatoms. The Labute approximate surface area is 90.1 Å². The monoisotopic (exact) mass is 363 g/mol. The quantitative estimate of drug-likeness (QED) is 0.298. The first kappa shape index (κ1) is 9.53. The second-order valence-corrected chi connectivity index (χ2v) is 4.52. The van der Waals surface area contributed by atoms with E-state index < -0.39 is 0 Å². The Morgan fingerprint density at radius 3 is 2.80 bits per heavy atom. The van der Waals surface area contributed by atoms with E-state index >= 15 is 0 Å². The Kier molecular flexibility index (Phi) is 4.26. The van der Waals surface area contributed by atoms with Crippen LogP contribution in [0.4, 0.5) is 0 Å². The van der Waals surface area contributed by atoms with E-state index in [0.717, 1.165) is 17.5 Å². The lowest BCUT2D eigenvalue weighted by molar-refractivity contribution is -0.00107. The molecule has 0 spiro atoms. The van der Waals surface area contributed by atoms with Gasteiger partial charge < -0.3 is 4.74 Å². The van der Waals surface area contributed by atoms with Crippen molar-refractivity contribution in [2.45, 2.75) is 12.1 Å². The third kappa shape index (κ3) is 2.82. The van der Waals surface area contributed by atoms with Crippen molar-refractivity contribution < 1.29 is 4.74 Å². The summed E-state index contributed by atoms with van der Waals surface area (Å²) in [5.74, 6) is 0. The molecule has 2 radical (unpaired) electrons. The number of hydrogen-bond donors (Lipinski definition) is 0. The summed E-state index contributed by atoms with van der Waals surface area (Å²) in [7, 11) is 5.62. The van der Waals surface area contributed by atoms with Crippen LogP contribution in [0.2, 0.25) is 0 Å². The maximum Gasteiger partial charge on any atom is 0.110 e. The summed E-state index contributed by atoms with van der Waals surface area (Å²) in [6.07, 6.45) is 0.321. The fraction of sp³-hybridized carbons (Fsp3) is 1.00. The molecular weight excluding hydrogens is 355 g/mol. The molecule has 0 amide bonds. The van der Waals surface area contributed by atoms with Gasteiger partial charge in [0.25, 0.3) is 0 Å². The summed E-state index contributed by atoms with van der Waals surface area (Å²) < 4.78 is 8.62. The molecule has 2 atom stereocenters. The molecule has 1 unspecified atom stereocenters. The highest BCUT2D eigenvalue weighted by Gasteiger charge is 2.21. The van der Waals surface area contributed by atoms with E-state index in [0.29, 0.717) is 6.10 Å². The number of alkyl halides is 1. The van der Waals surface area contributed by atoms with Gasteiger partial charge in [-0.05, 0) is 0 Å². The van der Waals surface area contributed by atoms with Crippen LogP contribution in [-0.2, 0) is 4.74 Å². The van der Waals surface area contributed by atoms with Gasteiger partial charge in [0.2, 0.25) is 0 Å². The van der Waals surface area contributed by atoms with Crippen LogP contribution in [0.1, 0.15) is 0 Å². The lowest BCUT2D eigenvalue weighted by Gasteiger charge is -2.32. The minimum absolute atomic E-state index is 0.0922. The molecule has 1 aliphatic heterocycles. The molecule has 10 heavy (non-hydrogen) atoms. The Hall–Kier alpha value is 1.44. The van der Waals surface area contributed by atoms with Crippen LogP contribution < -0.4 is 0 Å². The number of nitrogens with zero attached hydrogens (tertiary/aromatic N) is 1. The topological polar surface area (TPSA) is 12.5 Å². The smallest absolute Gasteiger partial charge is 0.110 e. The maximum absolute atomic E-state index is 5.62. The largest absolute Gasteiger partial charge is 0.381 e. The second-order valence-electron chi connectivity index (χ2n) is 2.28. The number of rotatable bonds is 1. The van der Waals surface area contributed by atoms with Crippen LogP contribution in [0, 0.1) is 0 Å². The normalized spacial score (nSPS) is 36.2. The van der Waals surface area contributed by atoms with Gasteiger partial charge in [-0.15, -0.1) is 0 Å². The molecule has 2 nitrogen and oxygen atoms in total. The van der Waals surface area contributed by atoms with E-state index in [1.54, 1.807) is 0 Å². The van der Waals surface area contributed by atoms with Crippen molar-refractivity contribution in [1.29, 1.82) is 0 Å². The van der Waals surface area contributed by atoms with Crippen LogP contribution in [0.5, 0.6) is 0 Å². The molecule has 0 saturated carbocycles. The summed E-state index contributed by atoms with van der Waals surface area (Å²) in [4.78, 5) is 0. The van der Waals surface area contributed by atoms with E-state index in [1.165, 1.54) is 0 Å². The minimum atomic E-state index is -0.0922. The second kappa shape index (κ2) is 4.47. The van der Waals surface area contributed by atoms with Crippen LogP contribution >= 0.6 is 45.5 Å². The predicted molar refractivity (Wildman–Crippen MR) is 58.9 cm³/mol. The van der Waals surface area contributed by atoms with E-state index in [2.05, 4.69) is 48.6 Å². The molecule has 0 aliphatic carbocycles. The summed E-state index contributed by atoms with van der Waals surface area (Å²) in [6.45, 7) is 1.84. The molecule has 0 N–H and O–H groups in total. The summed E-state index contributed by atoms with van der Waals surface area (Å²) in [6, 6.07) is -0.0922. The molecule has 1 saturated heterocycles. The molecule has 0 aromatic heterocycles. The number of ether oxygens (including phenoxy) is 1. The van der Waals surface area contributed by atoms with Crippen molar-refractivity contribution in [3.8, 4) is 0 Å². The Bertz CT molecular complexity index is 106. The SMILES string of the molecule is [B]C1CN(I)C[C@@H](CI)O1. The third-order valence-corrected chi connectivity index (χ3v) is 3.09. The fourth-order valence-electron chi connectivity index (χ4n) is 0.909. The van der Waals surface area contributed by atoms with Gasteiger partial charge >= 0.3 is 0 Å². The van der Waals surface area contributed by atoms with Crippen LogP contribution in [0.15, 0.2) is 0 Å². The molecule has 0 aromatic rings. The van der Waals surface area contributed by atoms with Crippen LogP contribution in [-0.4, -0.2) is 40.6 Å². The zero-order valence-corrected chi connectivity index (χ0v) is 9.78. The summed E-state index contributed by atoms with van der Waals surface area (Å²) >= 11 is 4.60. The van der Waals surface area contributed by atoms with Crippen molar-refractivity contribution in [2.24, 2.45) is 0 Å². The van der Waals surface area contributed by atoms with Gasteiger partial charge in [-0.3, -0.25) is 0 Å². The number of morpholine rings is 1. The van der Waals surface area contributed by atoms with E-state index in [1.807, 2.05) is 0 Å².